The number of phenols is 1. The van der Waals surface area contributed by atoms with Crippen LogP contribution in [0.25, 0.3) is 0 Å². The van der Waals surface area contributed by atoms with Crippen molar-refractivity contribution in [2.45, 2.75) is 13.5 Å². The standard InChI is InChI=1S/C18H18N4O3S/c1-2-24-15-10-6-7-13(17(15)23)11-19-22-16(20-21-18(22)26)12-25-14-8-4-3-5-9-14/h3-11,23H,2,12H2,1H3,(H,21,26). The van der Waals surface area contributed by atoms with Crippen molar-refractivity contribution in [3.05, 3.63) is 64.7 Å². The van der Waals surface area contributed by atoms with Gasteiger partial charge in [-0.15, -0.1) is 0 Å². The molecule has 0 radical (unpaired) electrons. The molecule has 3 rings (SSSR count). The summed E-state index contributed by atoms with van der Waals surface area (Å²) in [6.07, 6.45) is 1.50. The Labute approximate surface area is 155 Å². The van der Waals surface area contributed by atoms with Crippen molar-refractivity contribution in [3.8, 4) is 17.2 Å². The summed E-state index contributed by atoms with van der Waals surface area (Å²) >= 11 is 5.21. The first-order chi connectivity index (χ1) is 12.7. The zero-order valence-electron chi connectivity index (χ0n) is 14.1. The predicted molar refractivity (Wildman–Crippen MR) is 100 cm³/mol. The van der Waals surface area contributed by atoms with E-state index in [2.05, 4.69) is 15.3 Å². The average molecular weight is 370 g/mol. The van der Waals surface area contributed by atoms with Crippen LogP contribution in [0.3, 0.4) is 0 Å². The Morgan fingerprint density at radius 1 is 1.19 bits per heavy atom. The van der Waals surface area contributed by atoms with Crippen LogP contribution in [0.1, 0.15) is 18.3 Å². The monoisotopic (exact) mass is 370 g/mol. The molecule has 8 heteroatoms. The van der Waals surface area contributed by atoms with Gasteiger partial charge in [0, 0.05) is 5.56 Å². The molecule has 134 valence electrons. The Morgan fingerprint density at radius 3 is 2.77 bits per heavy atom. The van der Waals surface area contributed by atoms with E-state index in [1.807, 2.05) is 37.3 Å². The summed E-state index contributed by atoms with van der Waals surface area (Å²) in [6.45, 7) is 2.51. The fourth-order valence-corrected chi connectivity index (χ4v) is 2.43. The minimum Gasteiger partial charge on any atom is -0.504 e. The van der Waals surface area contributed by atoms with Crippen molar-refractivity contribution in [2.75, 3.05) is 6.61 Å². The van der Waals surface area contributed by atoms with E-state index >= 15 is 0 Å². The molecule has 26 heavy (non-hydrogen) atoms. The van der Waals surface area contributed by atoms with E-state index in [0.29, 0.717) is 28.5 Å². The van der Waals surface area contributed by atoms with Gasteiger partial charge in [0.25, 0.3) is 0 Å². The van der Waals surface area contributed by atoms with Crippen LogP contribution in [0, 0.1) is 4.77 Å². The van der Waals surface area contributed by atoms with Gasteiger partial charge in [-0.2, -0.15) is 14.9 Å². The average Bonchev–Trinajstić information content (AvgIpc) is 3.01. The molecule has 0 aliphatic carbocycles. The maximum atomic E-state index is 10.2. The highest BCUT2D eigenvalue weighted by Gasteiger charge is 2.08. The lowest BCUT2D eigenvalue weighted by Crippen LogP contribution is -2.04. The van der Waals surface area contributed by atoms with Gasteiger partial charge in [-0.05, 0) is 43.4 Å². The lowest BCUT2D eigenvalue weighted by atomic mass is 10.2. The zero-order chi connectivity index (χ0) is 18.4. The van der Waals surface area contributed by atoms with Gasteiger partial charge in [0.1, 0.15) is 12.4 Å². The van der Waals surface area contributed by atoms with Crippen LogP contribution in [-0.4, -0.2) is 32.8 Å². The lowest BCUT2D eigenvalue weighted by molar-refractivity contribution is 0.290. The molecule has 0 amide bonds. The van der Waals surface area contributed by atoms with Gasteiger partial charge < -0.3 is 14.6 Å². The van der Waals surface area contributed by atoms with E-state index in [4.69, 9.17) is 21.7 Å². The number of aromatic amines is 1. The van der Waals surface area contributed by atoms with Crippen LogP contribution < -0.4 is 9.47 Å². The molecule has 1 heterocycles. The van der Waals surface area contributed by atoms with E-state index in [1.54, 1.807) is 18.2 Å². The Kier molecular flexibility index (Phi) is 5.65. The van der Waals surface area contributed by atoms with Crippen molar-refractivity contribution in [1.82, 2.24) is 14.9 Å². The molecular formula is C18H18N4O3S. The summed E-state index contributed by atoms with van der Waals surface area (Å²) in [5.74, 6) is 1.66. The number of para-hydroxylation sites is 2. The van der Waals surface area contributed by atoms with E-state index in [1.165, 1.54) is 10.9 Å². The third kappa shape index (κ3) is 4.09. The molecule has 0 saturated heterocycles. The second-order valence-corrected chi connectivity index (χ2v) is 5.62. The fourth-order valence-electron chi connectivity index (χ4n) is 2.24. The van der Waals surface area contributed by atoms with Gasteiger partial charge in [0.05, 0.1) is 12.8 Å². The molecule has 7 nitrogen and oxygen atoms in total. The molecule has 0 saturated carbocycles. The zero-order valence-corrected chi connectivity index (χ0v) is 14.9. The summed E-state index contributed by atoms with van der Waals surface area (Å²) < 4.78 is 12.8. The second-order valence-electron chi connectivity index (χ2n) is 5.23. The highest BCUT2D eigenvalue weighted by atomic mass is 32.1. The lowest BCUT2D eigenvalue weighted by Gasteiger charge is -2.07. The molecule has 0 atom stereocenters. The number of ether oxygens (including phenoxy) is 2. The smallest absolute Gasteiger partial charge is 0.216 e. The van der Waals surface area contributed by atoms with Gasteiger partial charge in [-0.25, -0.2) is 5.10 Å². The van der Waals surface area contributed by atoms with E-state index in [-0.39, 0.29) is 12.4 Å². The van der Waals surface area contributed by atoms with Crippen molar-refractivity contribution in [3.63, 3.8) is 0 Å². The molecule has 0 aliphatic rings. The summed E-state index contributed by atoms with van der Waals surface area (Å²) in [6, 6.07) is 14.6. The number of benzene rings is 2. The summed E-state index contributed by atoms with van der Waals surface area (Å²) in [5.41, 5.74) is 0.508. The van der Waals surface area contributed by atoms with Crippen LogP contribution in [0.2, 0.25) is 0 Å². The fraction of sp³-hybridized carbons (Fsp3) is 0.167. The number of aromatic nitrogens is 3. The van der Waals surface area contributed by atoms with Gasteiger partial charge in [0.2, 0.25) is 4.77 Å². The van der Waals surface area contributed by atoms with E-state index in [0.717, 1.165) is 5.75 Å². The number of nitrogens with one attached hydrogen (secondary N) is 1. The molecule has 3 aromatic rings. The van der Waals surface area contributed by atoms with Crippen LogP contribution in [0.15, 0.2) is 53.6 Å². The van der Waals surface area contributed by atoms with Crippen molar-refractivity contribution in [2.24, 2.45) is 5.10 Å². The topological polar surface area (TPSA) is 84.7 Å². The predicted octanol–water partition coefficient (Wildman–Crippen LogP) is 3.51. The van der Waals surface area contributed by atoms with Crippen LogP contribution in [-0.2, 0) is 6.61 Å². The van der Waals surface area contributed by atoms with Crippen LogP contribution >= 0.6 is 12.2 Å². The van der Waals surface area contributed by atoms with Crippen molar-refractivity contribution in [1.29, 1.82) is 0 Å². The number of hydrogen-bond donors (Lipinski definition) is 2. The van der Waals surface area contributed by atoms with E-state index < -0.39 is 0 Å². The molecule has 1 aromatic heterocycles. The molecule has 2 aromatic carbocycles. The van der Waals surface area contributed by atoms with Crippen molar-refractivity contribution >= 4 is 18.4 Å². The third-order valence-corrected chi connectivity index (χ3v) is 3.74. The maximum absolute atomic E-state index is 10.2. The Hall–Kier alpha value is -3.13. The normalized spacial score (nSPS) is 11.0. The summed E-state index contributed by atoms with van der Waals surface area (Å²) in [7, 11) is 0. The Bertz CT molecular complexity index is 951. The highest BCUT2D eigenvalue weighted by molar-refractivity contribution is 7.71. The first-order valence-corrected chi connectivity index (χ1v) is 8.43. The number of hydrogen-bond acceptors (Lipinski definition) is 6. The molecule has 2 N–H and O–H groups in total. The summed E-state index contributed by atoms with van der Waals surface area (Å²) in [4.78, 5) is 0. The second kappa shape index (κ2) is 8.30. The van der Waals surface area contributed by atoms with Gasteiger partial charge in [-0.1, -0.05) is 24.3 Å². The largest absolute Gasteiger partial charge is 0.504 e. The van der Waals surface area contributed by atoms with Gasteiger partial charge >= 0.3 is 0 Å². The summed E-state index contributed by atoms with van der Waals surface area (Å²) in [5, 5.41) is 21.4. The first kappa shape index (κ1) is 17.7. The minimum absolute atomic E-state index is 0.0233. The minimum atomic E-state index is 0.0233. The highest BCUT2D eigenvalue weighted by Crippen LogP contribution is 2.28. The van der Waals surface area contributed by atoms with Crippen molar-refractivity contribution < 1.29 is 14.6 Å². The molecule has 0 unspecified atom stereocenters. The quantitative estimate of drug-likeness (QED) is 0.491. The molecule has 0 bridgehead atoms. The SMILES string of the molecule is CCOc1cccc(C=Nn2c(COc3ccccc3)n[nH]c2=S)c1O. The molecule has 0 spiro atoms. The third-order valence-electron chi connectivity index (χ3n) is 3.47. The Morgan fingerprint density at radius 2 is 2.00 bits per heavy atom. The van der Waals surface area contributed by atoms with E-state index in [9.17, 15) is 5.11 Å². The molecule has 0 fully saturated rings. The number of H-pyrrole nitrogens is 1. The maximum Gasteiger partial charge on any atom is 0.216 e. The number of nitrogens with zero attached hydrogens (tertiary/aromatic N) is 3. The van der Waals surface area contributed by atoms with Gasteiger partial charge in [-0.3, -0.25) is 0 Å². The van der Waals surface area contributed by atoms with Crippen LogP contribution in [0.4, 0.5) is 0 Å². The van der Waals surface area contributed by atoms with Gasteiger partial charge in [0.15, 0.2) is 17.3 Å². The number of aromatic hydroxyl groups is 1. The molecule has 0 aliphatic heterocycles. The Balaban J connectivity index is 1.80. The van der Waals surface area contributed by atoms with Crippen LogP contribution in [0.5, 0.6) is 17.2 Å². The molecular weight excluding hydrogens is 352 g/mol. The number of rotatable bonds is 7. The first-order valence-electron chi connectivity index (χ1n) is 8.02. The number of phenolic OH excluding ortho intramolecular Hbond substituents is 1.